The predicted octanol–water partition coefficient (Wildman–Crippen LogP) is 6.60. The molecule has 122 valence electrons. The van der Waals surface area contributed by atoms with Gasteiger partial charge in [0.25, 0.3) is 0 Å². The van der Waals surface area contributed by atoms with Gasteiger partial charge in [-0.2, -0.15) is 0 Å². The van der Waals surface area contributed by atoms with Gasteiger partial charge in [0.15, 0.2) is 11.6 Å². The molecule has 2 heteroatoms. The van der Waals surface area contributed by atoms with Crippen molar-refractivity contribution in [2.24, 2.45) is 11.8 Å². The van der Waals surface area contributed by atoms with Crippen molar-refractivity contribution in [3.8, 4) is 0 Å². The molecule has 0 heterocycles. The van der Waals surface area contributed by atoms with Crippen LogP contribution in [0.2, 0.25) is 0 Å². The van der Waals surface area contributed by atoms with Crippen molar-refractivity contribution in [1.29, 1.82) is 0 Å². The van der Waals surface area contributed by atoms with E-state index >= 15 is 0 Å². The number of halogens is 2. The maximum atomic E-state index is 13.7. The molecule has 0 amide bonds. The fraction of sp³-hybridized carbons (Fsp3) is 0.700. The van der Waals surface area contributed by atoms with Crippen molar-refractivity contribution in [2.75, 3.05) is 0 Å². The fourth-order valence-corrected chi connectivity index (χ4v) is 4.66. The standard InChI is InChI=1S/C20H28F2/c21-19-12-11-17(14-20(19)22)18(16-9-5-2-6-10-16)13-15-7-3-1-4-8-15/h11-12,14-16,18H,1-10,13H2. The van der Waals surface area contributed by atoms with Crippen LogP contribution in [-0.2, 0) is 0 Å². The molecule has 1 unspecified atom stereocenters. The topological polar surface area (TPSA) is 0 Å². The van der Waals surface area contributed by atoms with Gasteiger partial charge in [0.1, 0.15) is 0 Å². The van der Waals surface area contributed by atoms with E-state index in [0.29, 0.717) is 11.8 Å². The molecule has 1 atom stereocenters. The minimum atomic E-state index is -0.719. The first-order valence-electron chi connectivity index (χ1n) is 9.19. The Morgan fingerprint density at radius 1 is 0.818 bits per heavy atom. The van der Waals surface area contributed by atoms with E-state index in [0.717, 1.165) is 11.5 Å². The van der Waals surface area contributed by atoms with Crippen LogP contribution in [0.3, 0.4) is 0 Å². The van der Waals surface area contributed by atoms with Crippen molar-refractivity contribution in [3.05, 3.63) is 35.4 Å². The molecule has 1 aromatic rings. The van der Waals surface area contributed by atoms with Crippen LogP contribution in [0, 0.1) is 23.5 Å². The average Bonchev–Trinajstić information content (AvgIpc) is 2.57. The molecule has 22 heavy (non-hydrogen) atoms. The van der Waals surface area contributed by atoms with Gasteiger partial charge in [-0.3, -0.25) is 0 Å². The highest BCUT2D eigenvalue weighted by atomic mass is 19.2. The van der Waals surface area contributed by atoms with E-state index in [1.165, 1.54) is 82.8 Å². The Morgan fingerprint density at radius 2 is 1.45 bits per heavy atom. The average molecular weight is 306 g/mol. The van der Waals surface area contributed by atoms with Gasteiger partial charge >= 0.3 is 0 Å². The first-order valence-corrected chi connectivity index (χ1v) is 9.19. The number of hydrogen-bond acceptors (Lipinski definition) is 0. The lowest BCUT2D eigenvalue weighted by Gasteiger charge is -2.34. The summed E-state index contributed by atoms with van der Waals surface area (Å²) >= 11 is 0. The third-order valence-corrected chi connectivity index (χ3v) is 5.90. The summed E-state index contributed by atoms with van der Waals surface area (Å²) in [5.74, 6) is 0.485. The molecular formula is C20H28F2. The van der Waals surface area contributed by atoms with E-state index in [2.05, 4.69) is 0 Å². The monoisotopic (exact) mass is 306 g/mol. The second-order valence-electron chi connectivity index (χ2n) is 7.42. The van der Waals surface area contributed by atoms with Gasteiger partial charge in [-0.25, -0.2) is 8.78 Å². The van der Waals surface area contributed by atoms with Crippen LogP contribution in [-0.4, -0.2) is 0 Å². The van der Waals surface area contributed by atoms with Gasteiger partial charge in [-0.05, 0) is 54.7 Å². The first-order chi connectivity index (χ1) is 10.7. The zero-order valence-electron chi connectivity index (χ0n) is 13.5. The number of benzene rings is 1. The van der Waals surface area contributed by atoms with Crippen LogP contribution in [0.5, 0.6) is 0 Å². The Hall–Kier alpha value is -0.920. The van der Waals surface area contributed by atoms with Gasteiger partial charge < -0.3 is 0 Å². The quantitative estimate of drug-likeness (QED) is 0.588. The van der Waals surface area contributed by atoms with Crippen LogP contribution >= 0.6 is 0 Å². The van der Waals surface area contributed by atoms with Crippen molar-refractivity contribution in [3.63, 3.8) is 0 Å². The van der Waals surface area contributed by atoms with Crippen molar-refractivity contribution in [1.82, 2.24) is 0 Å². The molecule has 3 rings (SSSR count). The molecule has 2 saturated carbocycles. The molecular weight excluding hydrogens is 278 g/mol. The molecule has 0 aliphatic heterocycles. The lowest BCUT2D eigenvalue weighted by molar-refractivity contribution is 0.239. The highest BCUT2D eigenvalue weighted by Crippen LogP contribution is 2.42. The fourth-order valence-electron chi connectivity index (χ4n) is 4.66. The van der Waals surface area contributed by atoms with Gasteiger partial charge in [-0.1, -0.05) is 57.4 Å². The highest BCUT2D eigenvalue weighted by Gasteiger charge is 2.28. The second-order valence-corrected chi connectivity index (χ2v) is 7.42. The Morgan fingerprint density at radius 3 is 2.09 bits per heavy atom. The third kappa shape index (κ3) is 3.88. The van der Waals surface area contributed by atoms with Gasteiger partial charge in [0.05, 0.1) is 0 Å². The van der Waals surface area contributed by atoms with Crippen molar-refractivity contribution >= 4 is 0 Å². The lowest BCUT2D eigenvalue weighted by atomic mass is 9.71. The van der Waals surface area contributed by atoms with Crippen LogP contribution in [0.15, 0.2) is 18.2 Å². The maximum absolute atomic E-state index is 13.7. The summed E-state index contributed by atoms with van der Waals surface area (Å²) in [6, 6.07) is 4.62. The largest absolute Gasteiger partial charge is 0.204 e. The Bertz CT molecular complexity index is 471. The molecule has 0 bridgehead atoms. The molecule has 0 spiro atoms. The SMILES string of the molecule is Fc1ccc(C(CC2CCCCC2)C2CCCCC2)cc1F. The van der Waals surface area contributed by atoms with E-state index in [1.807, 2.05) is 6.07 Å². The van der Waals surface area contributed by atoms with E-state index in [1.54, 1.807) is 0 Å². The smallest absolute Gasteiger partial charge is 0.159 e. The van der Waals surface area contributed by atoms with E-state index in [-0.39, 0.29) is 0 Å². The summed E-state index contributed by atoms with van der Waals surface area (Å²) in [4.78, 5) is 0. The van der Waals surface area contributed by atoms with Crippen molar-refractivity contribution < 1.29 is 8.78 Å². The van der Waals surface area contributed by atoms with Gasteiger partial charge in [0, 0.05) is 0 Å². The van der Waals surface area contributed by atoms with E-state index < -0.39 is 11.6 Å². The van der Waals surface area contributed by atoms with E-state index in [4.69, 9.17) is 0 Å². The summed E-state index contributed by atoms with van der Waals surface area (Å²) in [6.07, 6.45) is 14.4. The molecule has 2 fully saturated rings. The van der Waals surface area contributed by atoms with Crippen LogP contribution in [0.1, 0.15) is 82.1 Å². The molecule has 2 aliphatic rings. The summed E-state index contributed by atoms with van der Waals surface area (Å²) in [5.41, 5.74) is 1.04. The number of hydrogen-bond donors (Lipinski definition) is 0. The van der Waals surface area contributed by atoms with Crippen LogP contribution in [0.25, 0.3) is 0 Å². The molecule has 0 N–H and O–H groups in total. The predicted molar refractivity (Wildman–Crippen MR) is 86.9 cm³/mol. The summed E-state index contributed by atoms with van der Waals surface area (Å²) in [5, 5.41) is 0. The molecule has 0 radical (unpaired) electrons. The van der Waals surface area contributed by atoms with Crippen LogP contribution in [0.4, 0.5) is 8.78 Å². The first kappa shape index (κ1) is 16.0. The lowest BCUT2D eigenvalue weighted by Crippen LogP contribution is -2.21. The van der Waals surface area contributed by atoms with Crippen molar-refractivity contribution in [2.45, 2.75) is 76.5 Å². The summed E-state index contributed by atoms with van der Waals surface area (Å²) in [7, 11) is 0. The zero-order chi connectivity index (χ0) is 15.4. The normalized spacial score (nSPS) is 22.6. The number of rotatable bonds is 4. The third-order valence-electron chi connectivity index (χ3n) is 5.90. The highest BCUT2D eigenvalue weighted by molar-refractivity contribution is 5.23. The Balaban J connectivity index is 1.78. The zero-order valence-corrected chi connectivity index (χ0v) is 13.5. The van der Waals surface area contributed by atoms with E-state index in [9.17, 15) is 8.78 Å². The Kier molecular flexibility index (Phi) is 5.49. The summed E-state index contributed by atoms with van der Waals surface area (Å²) < 4.78 is 27.0. The van der Waals surface area contributed by atoms with Crippen LogP contribution < -0.4 is 0 Å². The maximum Gasteiger partial charge on any atom is 0.159 e. The summed E-state index contributed by atoms with van der Waals surface area (Å²) in [6.45, 7) is 0. The molecule has 2 aliphatic carbocycles. The van der Waals surface area contributed by atoms with Gasteiger partial charge in [-0.15, -0.1) is 0 Å². The van der Waals surface area contributed by atoms with Gasteiger partial charge in [0.2, 0.25) is 0 Å². The second kappa shape index (κ2) is 7.57. The molecule has 1 aromatic carbocycles. The molecule has 0 nitrogen and oxygen atoms in total. The molecule has 0 saturated heterocycles. The minimum absolute atomic E-state index is 0.429. The minimum Gasteiger partial charge on any atom is -0.204 e. The molecule has 0 aromatic heterocycles. The Labute approximate surface area is 133 Å².